The Labute approximate surface area is 243 Å². The molecule has 2 aliphatic heterocycles. The number of anilines is 3. The number of pyridine rings is 1. The smallest absolute Gasteiger partial charge is 0.290 e. The lowest BCUT2D eigenvalue weighted by Crippen LogP contribution is -2.45. The summed E-state index contributed by atoms with van der Waals surface area (Å²) in [6.07, 6.45) is 7.40. The van der Waals surface area contributed by atoms with Crippen LogP contribution in [-0.4, -0.2) is 98.5 Å². The van der Waals surface area contributed by atoms with E-state index in [-0.39, 0.29) is 18.5 Å². The van der Waals surface area contributed by atoms with Crippen molar-refractivity contribution in [3.05, 3.63) is 65.6 Å². The molecule has 5 heterocycles. The number of fused-ring (bicyclic) bond motifs is 1. The van der Waals surface area contributed by atoms with Gasteiger partial charge in [0, 0.05) is 55.6 Å². The average Bonchev–Trinajstić information content (AvgIpc) is 3.64. The molecule has 0 unspecified atom stereocenters. The first kappa shape index (κ1) is 28.8. The highest BCUT2D eigenvalue weighted by atomic mass is 35.5. The Hall–Kier alpha value is -3.71. The minimum atomic E-state index is -0.255. The predicted molar refractivity (Wildman–Crippen MR) is 156 cm³/mol. The van der Waals surface area contributed by atoms with Gasteiger partial charge in [-0.3, -0.25) is 14.4 Å². The number of morpholine rings is 1. The third-order valence-electron chi connectivity index (χ3n) is 7.80. The largest absolute Gasteiger partial charge is 0.483 e. The molecular formula is C28H35ClN8O4. The number of benzene rings is 1. The Bertz CT molecular complexity index is 1410. The maximum absolute atomic E-state index is 10.3. The fourth-order valence-electron chi connectivity index (χ4n) is 5.46. The highest BCUT2D eigenvalue weighted by Gasteiger charge is 2.36. The van der Waals surface area contributed by atoms with Crippen molar-refractivity contribution in [2.75, 3.05) is 62.8 Å². The van der Waals surface area contributed by atoms with E-state index in [1.807, 2.05) is 58.1 Å². The van der Waals surface area contributed by atoms with Crippen LogP contribution in [0.1, 0.15) is 18.4 Å². The number of aliphatic hydroxyl groups is 1. The van der Waals surface area contributed by atoms with E-state index in [0.717, 1.165) is 87.9 Å². The van der Waals surface area contributed by atoms with Crippen LogP contribution in [0, 0.1) is 0 Å². The monoisotopic (exact) mass is 582 g/mol. The van der Waals surface area contributed by atoms with Crippen LogP contribution in [-0.2, 0) is 21.5 Å². The summed E-state index contributed by atoms with van der Waals surface area (Å²) in [5, 5.41) is 30.4. The Morgan fingerprint density at radius 1 is 1.07 bits per heavy atom. The van der Waals surface area contributed by atoms with Gasteiger partial charge in [0.1, 0.15) is 0 Å². The number of nitrogens with one attached hydrogen (secondary N) is 1. The van der Waals surface area contributed by atoms with Gasteiger partial charge in [0.15, 0.2) is 5.65 Å². The molecule has 12 nitrogen and oxygen atoms in total. The highest BCUT2D eigenvalue weighted by Crippen LogP contribution is 2.38. The van der Waals surface area contributed by atoms with E-state index < -0.39 is 0 Å². The van der Waals surface area contributed by atoms with E-state index in [4.69, 9.17) is 31.2 Å². The molecule has 2 saturated heterocycles. The number of rotatable bonds is 8. The average molecular weight is 583 g/mol. The quantitative estimate of drug-likeness (QED) is 0.266. The van der Waals surface area contributed by atoms with Crippen LogP contribution in [0.4, 0.5) is 17.3 Å². The number of ether oxygens (including phenoxy) is 1. The van der Waals surface area contributed by atoms with E-state index in [9.17, 15) is 5.11 Å². The van der Waals surface area contributed by atoms with Gasteiger partial charge >= 0.3 is 0 Å². The third kappa shape index (κ3) is 6.79. The number of piperidine rings is 1. The summed E-state index contributed by atoms with van der Waals surface area (Å²) in [4.78, 5) is 17.9. The molecule has 0 aliphatic carbocycles. The summed E-state index contributed by atoms with van der Waals surface area (Å²) in [5.41, 5.74) is 3.59. The molecule has 41 heavy (non-hydrogen) atoms. The summed E-state index contributed by atoms with van der Waals surface area (Å²) >= 11 is 6.09. The van der Waals surface area contributed by atoms with Crippen LogP contribution in [0.2, 0.25) is 5.02 Å². The Morgan fingerprint density at radius 3 is 2.51 bits per heavy atom. The third-order valence-corrected chi connectivity index (χ3v) is 8.05. The number of aromatic nitrogens is 5. The van der Waals surface area contributed by atoms with Crippen molar-refractivity contribution in [1.82, 2.24) is 29.3 Å². The lowest BCUT2D eigenvalue weighted by atomic mass is 9.73. The first-order valence-corrected chi connectivity index (χ1v) is 14.1. The molecule has 2 fully saturated rings. The van der Waals surface area contributed by atoms with Crippen LogP contribution in [0.25, 0.3) is 5.65 Å². The van der Waals surface area contributed by atoms with Crippen molar-refractivity contribution in [3.63, 3.8) is 0 Å². The number of halogens is 1. The fraction of sp³-hybridized carbons (Fsp3) is 0.429. The van der Waals surface area contributed by atoms with Crippen molar-refractivity contribution in [2.45, 2.75) is 24.8 Å². The molecule has 0 radical (unpaired) electrons. The maximum Gasteiger partial charge on any atom is 0.290 e. The number of carboxylic acid groups (broad SMARTS) is 1. The minimum Gasteiger partial charge on any atom is -0.483 e. The van der Waals surface area contributed by atoms with Gasteiger partial charge in [0.25, 0.3) is 6.47 Å². The van der Waals surface area contributed by atoms with E-state index in [2.05, 4.69) is 31.4 Å². The number of aliphatic hydroxyl groups excluding tert-OH is 1. The molecule has 0 saturated carbocycles. The van der Waals surface area contributed by atoms with Crippen molar-refractivity contribution in [3.8, 4) is 0 Å². The zero-order valence-corrected chi connectivity index (χ0v) is 23.5. The summed E-state index contributed by atoms with van der Waals surface area (Å²) in [7, 11) is 0. The molecule has 1 aromatic carbocycles. The molecule has 0 atom stereocenters. The summed E-state index contributed by atoms with van der Waals surface area (Å²) in [5.74, 6) is 0.535. The summed E-state index contributed by atoms with van der Waals surface area (Å²) in [6, 6.07) is 12.0. The molecule has 0 bridgehead atoms. The number of hydrogen-bond acceptors (Lipinski definition) is 9. The summed E-state index contributed by atoms with van der Waals surface area (Å²) in [6.45, 7) is 6.81. The van der Waals surface area contributed by atoms with Crippen LogP contribution in [0.5, 0.6) is 0 Å². The predicted octanol–water partition coefficient (Wildman–Crippen LogP) is 2.89. The molecule has 6 rings (SSSR count). The Balaban J connectivity index is 0.00000108. The zero-order valence-electron chi connectivity index (χ0n) is 22.8. The molecule has 13 heteroatoms. The van der Waals surface area contributed by atoms with Gasteiger partial charge in [0.2, 0.25) is 5.95 Å². The lowest BCUT2D eigenvalue weighted by molar-refractivity contribution is -0.122. The van der Waals surface area contributed by atoms with Crippen LogP contribution < -0.4 is 10.2 Å². The molecule has 2 aliphatic rings. The standard InChI is InChI=1S/C27H33ClN8O2.CH2O2/c28-22-5-3-21(4-6-22)27(20-37)7-10-34(11-8-27)24-2-1-9-36-25(24)31-26(32-36)30-23-18-29-35(19-23)13-12-33-14-16-38-17-15-33;2-1-3/h1-6,9,18-19,37H,7-8,10-17,20H2,(H,30,32);1H,(H,2,3). The normalized spacial score (nSPS) is 17.2. The van der Waals surface area contributed by atoms with Gasteiger partial charge in [-0.2, -0.15) is 10.1 Å². The zero-order chi connectivity index (χ0) is 28.7. The molecule has 0 spiro atoms. The molecule has 4 aromatic rings. The van der Waals surface area contributed by atoms with Gasteiger partial charge in [-0.1, -0.05) is 23.7 Å². The van der Waals surface area contributed by atoms with Gasteiger partial charge < -0.3 is 25.2 Å². The van der Waals surface area contributed by atoms with Crippen LogP contribution in [0.3, 0.4) is 0 Å². The minimum absolute atomic E-state index is 0.117. The van der Waals surface area contributed by atoms with Crippen LogP contribution >= 0.6 is 11.6 Å². The maximum atomic E-state index is 10.3. The molecule has 3 N–H and O–H groups in total. The van der Waals surface area contributed by atoms with Crippen LogP contribution in [0.15, 0.2) is 55.0 Å². The number of nitrogens with zero attached hydrogens (tertiary/aromatic N) is 7. The number of hydrogen-bond donors (Lipinski definition) is 3. The van der Waals surface area contributed by atoms with Crippen molar-refractivity contribution in [2.24, 2.45) is 0 Å². The Kier molecular flexibility index (Phi) is 9.35. The second-order valence-corrected chi connectivity index (χ2v) is 10.6. The van der Waals surface area contributed by atoms with E-state index in [1.165, 1.54) is 0 Å². The second-order valence-electron chi connectivity index (χ2n) is 10.2. The molecule has 0 amide bonds. The van der Waals surface area contributed by atoms with Gasteiger partial charge in [-0.25, -0.2) is 4.52 Å². The molecule has 3 aromatic heterocycles. The first-order chi connectivity index (χ1) is 20.0. The fourth-order valence-corrected chi connectivity index (χ4v) is 5.58. The van der Waals surface area contributed by atoms with E-state index >= 15 is 0 Å². The number of carbonyl (C=O) groups is 1. The molecular weight excluding hydrogens is 548 g/mol. The lowest BCUT2D eigenvalue weighted by Gasteiger charge is -2.42. The second kappa shape index (κ2) is 13.3. The van der Waals surface area contributed by atoms with Crippen molar-refractivity contribution in [1.29, 1.82) is 0 Å². The topological polar surface area (TPSA) is 133 Å². The molecule has 218 valence electrons. The van der Waals surface area contributed by atoms with E-state index in [0.29, 0.717) is 11.0 Å². The summed E-state index contributed by atoms with van der Waals surface area (Å²) < 4.78 is 9.18. The van der Waals surface area contributed by atoms with Gasteiger partial charge in [0.05, 0.1) is 43.9 Å². The Morgan fingerprint density at radius 2 is 1.80 bits per heavy atom. The SMILES string of the molecule is O=CO.OCC1(c2ccc(Cl)cc2)CCN(c2cccn3nc(Nc4cnn(CCN5CCOCC5)c4)nc23)CC1. The van der Waals surface area contributed by atoms with E-state index in [1.54, 1.807) is 0 Å². The van der Waals surface area contributed by atoms with Crippen molar-refractivity contribution < 1.29 is 19.7 Å². The van der Waals surface area contributed by atoms with Gasteiger partial charge in [-0.05, 0) is 42.7 Å². The highest BCUT2D eigenvalue weighted by molar-refractivity contribution is 6.30. The van der Waals surface area contributed by atoms with Gasteiger partial charge in [-0.15, -0.1) is 5.10 Å². The van der Waals surface area contributed by atoms with Crippen molar-refractivity contribution >= 4 is 41.0 Å². The first-order valence-electron chi connectivity index (χ1n) is 13.7.